The standard InChI is InChI=1S/C12H16ClN3O/c13-9-3-4-10(15-7-9)11(17)16-12(8-14)5-1-2-6-12/h3-4,7H,1-2,5-6,8,14H2,(H,16,17). The molecule has 3 N–H and O–H groups in total. The molecule has 1 aliphatic rings. The number of rotatable bonds is 3. The molecule has 0 spiro atoms. The van der Waals surface area contributed by atoms with Gasteiger partial charge in [-0.15, -0.1) is 0 Å². The summed E-state index contributed by atoms with van der Waals surface area (Å²) in [5.41, 5.74) is 5.91. The molecule has 1 amide bonds. The topological polar surface area (TPSA) is 68.0 Å². The number of nitrogens with one attached hydrogen (secondary N) is 1. The number of amides is 1. The second-order valence-electron chi connectivity index (χ2n) is 4.51. The summed E-state index contributed by atoms with van der Waals surface area (Å²) in [6.07, 6.45) is 5.60. The van der Waals surface area contributed by atoms with Crippen molar-refractivity contribution in [3.63, 3.8) is 0 Å². The molecule has 0 radical (unpaired) electrons. The van der Waals surface area contributed by atoms with E-state index in [9.17, 15) is 4.79 Å². The van der Waals surface area contributed by atoms with Crippen LogP contribution < -0.4 is 11.1 Å². The van der Waals surface area contributed by atoms with Gasteiger partial charge in [0.15, 0.2) is 0 Å². The fraction of sp³-hybridized carbons (Fsp3) is 0.500. The maximum absolute atomic E-state index is 12.0. The van der Waals surface area contributed by atoms with E-state index >= 15 is 0 Å². The van der Waals surface area contributed by atoms with Crippen molar-refractivity contribution >= 4 is 17.5 Å². The lowest BCUT2D eigenvalue weighted by atomic mass is 9.97. The first-order chi connectivity index (χ1) is 8.15. The lowest BCUT2D eigenvalue weighted by Crippen LogP contribution is -2.51. The lowest BCUT2D eigenvalue weighted by molar-refractivity contribution is 0.0898. The van der Waals surface area contributed by atoms with E-state index in [1.807, 2.05) is 0 Å². The number of nitrogens with zero attached hydrogens (tertiary/aromatic N) is 1. The van der Waals surface area contributed by atoms with Gasteiger partial charge in [-0.1, -0.05) is 24.4 Å². The Kier molecular flexibility index (Phi) is 3.64. The molecule has 17 heavy (non-hydrogen) atoms. The predicted molar refractivity (Wildman–Crippen MR) is 67.0 cm³/mol. The maximum Gasteiger partial charge on any atom is 0.270 e. The molecule has 0 atom stereocenters. The molecule has 92 valence electrons. The maximum atomic E-state index is 12.0. The van der Waals surface area contributed by atoms with Crippen LogP contribution in [-0.2, 0) is 0 Å². The zero-order valence-corrected chi connectivity index (χ0v) is 10.3. The van der Waals surface area contributed by atoms with Crippen molar-refractivity contribution in [3.05, 3.63) is 29.0 Å². The molecule has 0 aromatic carbocycles. The zero-order chi connectivity index (χ0) is 12.3. The first-order valence-corrected chi connectivity index (χ1v) is 6.17. The lowest BCUT2D eigenvalue weighted by Gasteiger charge is -2.28. The molecule has 4 nitrogen and oxygen atoms in total. The van der Waals surface area contributed by atoms with Gasteiger partial charge in [0.2, 0.25) is 0 Å². The van der Waals surface area contributed by atoms with Gasteiger partial charge in [0.25, 0.3) is 5.91 Å². The number of hydrogen-bond donors (Lipinski definition) is 2. The van der Waals surface area contributed by atoms with Gasteiger partial charge in [-0.25, -0.2) is 4.98 Å². The van der Waals surface area contributed by atoms with Crippen molar-refractivity contribution in [2.24, 2.45) is 5.73 Å². The van der Waals surface area contributed by atoms with E-state index in [1.165, 1.54) is 6.20 Å². The van der Waals surface area contributed by atoms with Gasteiger partial charge >= 0.3 is 0 Å². The van der Waals surface area contributed by atoms with Gasteiger partial charge in [-0.2, -0.15) is 0 Å². The van der Waals surface area contributed by atoms with Gasteiger partial charge in [0.1, 0.15) is 5.69 Å². The summed E-state index contributed by atoms with van der Waals surface area (Å²) < 4.78 is 0. The third kappa shape index (κ3) is 2.76. The number of pyridine rings is 1. The molecule has 5 heteroatoms. The molecule has 1 aromatic heterocycles. The van der Waals surface area contributed by atoms with Crippen LogP contribution in [0.3, 0.4) is 0 Å². The number of aromatic nitrogens is 1. The number of halogens is 1. The third-order valence-corrected chi connectivity index (χ3v) is 3.51. The number of carbonyl (C=O) groups excluding carboxylic acids is 1. The minimum atomic E-state index is -0.238. The van der Waals surface area contributed by atoms with E-state index in [4.69, 9.17) is 17.3 Å². The van der Waals surface area contributed by atoms with Crippen molar-refractivity contribution in [3.8, 4) is 0 Å². The molecular formula is C12H16ClN3O. The Morgan fingerprint density at radius 1 is 1.47 bits per heavy atom. The van der Waals surface area contributed by atoms with Gasteiger partial charge in [0, 0.05) is 12.7 Å². The summed E-state index contributed by atoms with van der Waals surface area (Å²) >= 11 is 5.73. The van der Waals surface area contributed by atoms with Crippen LogP contribution in [0.25, 0.3) is 0 Å². The SMILES string of the molecule is NCC1(NC(=O)c2ccc(Cl)cn2)CCCC1. The van der Waals surface area contributed by atoms with Crippen LogP contribution in [-0.4, -0.2) is 23.0 Å². The van der Waals surface area contributed by atoms with Crippen LogP contribution in [0.4, 0.5) is 0 Å². The van der Waals surface area contributed by atoms with E-state index in [0.717, 1.165) is 25.7 Å². The second-order valence-corrected chi connectivity index (χ2v) is 4.94. The number of hydrogen-bond acceptors (Lipinski definition) is 3. The largest absolute Gasteiger partial charge is 0.344 e. The smallest absolute Gasteiger partial charge is 0.270 e. The Hall–Kier alpha value is -1.13. The molecule has 1 fully saturated rings. The van der Waals surface area contributed by atoms with Crippen molar-refractivity contribution in [1.29, 1.82) is 0 Å². The van der Waals surface area contributed by atoms with Crippen LogP contribution in [0.2, 0.25) is 5.02 Å². The van der Waals surface area contributed by atoms with Crippen LogP contribution in [0.5, 0.6) is 0 Å². The molecular weight excluding hydrogens is 238 g/mol. The fourth-order valence-corrected chi connectivity index (χ4v) is 2.36. The quantitative estimate of drug-likeness (QED) is 0.862. The molecule has 0 aliphatic heterocycles. The van der Waals surface area contributed by atoms with E-state index in [-0.39, 0.29) is 11.4 Å². The van der Waals surface area contributed by atoms with E-state index < -0.39 is 0 Å². The second kappa shape index (κ2) is 5.02. The Bertz CT molecular complexity index is 399. The molecule has 1 aromatic rings. The summed E-state index contributed by atoms with van der Waals surface area (Å²) in [5, 5.41) is 3.53. The highest BCUT2D eigenvalue weighted by Crippen LogP contribution is 2.28. The van der Waals surface area contributed by atoms with E-state index in [1.54, 1.807) is 12.1 Å². The Morgan fingerprint density at radius 2 is 2.18 bits per heavy atom. The van der Waals surface area contributed by atoms with E-state index in [0.29, 0.717) is 17.3 Å². The monoisotopic (exact) mass is 253 g/mol. The van der Waals surface area contributed by atoms with Crippen molar-refractivity contribution < 1.29 is 4.79 Å². The predicted octanol–water partition coefficient (Wildman–Crippen LogP) is 1.74. The molecule has 0 saturated heterocycles. The van der Waals surface area contributed by atoms with Gasteiger partial charge < -0.3 is 11.1 Å². The highest BCUT2D eigenvalue weighted by molar-refractivity contribution is 6.30. The highest BCUT2D eigenvalue weighted by atomic mass is 35.5. The van der Waals surface area contributed by atoms with E-state index in [2.05, 4.69) is 10.3 Å². The normalized spacial score (nSPS) is 18.0. The fourth-order valence-electron chi connectivity index (χ4n) is 2.25. The minimum Gasteiger partial charge on any atom is -0.344 e. The number of carbonyl (C=O) groups is 1. The molecule has 0 bridgehead atoms. The first kappa shape index (κ1) is 12.3. The summed E-state index contributed by atoms with van der Waals surface area (Å²) in [6.45, 7) is 0.479. The molecule has 1 aliphatic carbocycles. The minimum absolute atomic E-state index is 0.172. The van der Waals surface area contributed by atoms with Crippen LogP contribution in [0.1, 0.15) is 36.2 Å². The number of nitrogens with two attached hydrogens (primary N) is 1. The molecule has 1 heterocycles. The molecule has 1 saturated carbocycles. The third-order valence-electron chi connectivity index (χ3n) is 3.29. The summed E-state index contributed by atoms with van der Waals surface area (Å²) in [7, 11) is 0. The first-order valence-electron chi connectivity index (χ1n) is 5.79. The van der Waals surface area contributed by atoms with Crippen LogP contribution in [0.15, 0.2) is 18.3 Å². The Labute approximate surface area is 106 Å². The van der Waals surface area contributed by atoms with Crippen molar-refractivity contribution in [1.82, 2.24) is 10.3 Å². The summed E-state index contributed by atoms with van der Waals surface area (Å²) in [5.74, 6) is -0.172. The average Bonchev–Trinajstić information content (AvgIpc) is 2.79. The van der Waals surface area contributed by atoms with Crippen LogP contribution in [0, 0.1) is 0 Å². The zero-order valence-electron chi connectivity index (χ0n) is 9.58. The van der Waals surface area contributed by atoms with Crippen LogP contribution >= 0.6 is 11.6 Å². The van der Waals surface area contributed by atoms with Crippen molar-refractivity contribution in [2.45, 2.75) is 31.2 Å². The van der Waals surface area contributed by atoms with Gasteiger partial charge in [-0.05, 0) is 25.0 Å². The Morgan fingerprint density at radius 3 is 2.71 bits per heavy atom. The molecule has 0 unspecified atom stereocenters. The summed E-state index contributed by atoms with van der Waals surface area (Å²) in [4.78, 5) is 16.0. The Balaban J connectivity index is 2.08. The highest BCUT2D eigenvalue weighted by Gasteiger charge is 2.34. The van der Waals surface area contributed by atoms with Gasteiger partial charge in [-0.3, -0.25) is 4.79 Å². The average molecular weight is 254 g/mol. The van der Waals surface area contributed by atoms with Gasteiger partial charge in [0.05, 0.1) is 10.6 Å². The molecule has 2 rings (SSSR count). The summed E-state index contributed by atoms with van der Waals surface area (Å²) in [6, 6.07) is 3.28. The van der Waals surface area contributed by atoms with Crippen molar-refractivity contribution in [2.75, 3.05) is 6.54 Å².